The average molecular weight is 346 g/mol. The first-order valence-electron chi connectivity index (χ1n) is 4.70. The summed E-state index contributed by atoms with van der Waals surface area (Å²) in [5.74, 6) is 0. The van der Waals surface area contributed by atoms with Crippen molar-refractivity contribution in [3.05, 3.63) is 0 Å². The van der Waals surface area contributed by atoms with Gasteiger partial charge in [0.2, 0.25) is 0 Å². The van der Waals surface area contributed by atoms with Gasteiger partial charge in [0.05, 0.1) is 0 Å². The Labute approximate surface area is 127 Å². The van der Waals surface area contributed by atoms with Crippen LogP contribution in [0.3, 0.4) is 0 Å². The van der Waals surface area contributed by atoms with Gasteiger partial charge in [-0.25, -0.2) is 0 Å². The predicted molar refractivity (Wildman–Crippen MR) is 63.0 cm³/mol. The van der Waals surface area contributed by atoms with Crippen molar-refractivity contribution in [3.63, 3.8) is 0 Å². The van der Waals surface area contributed by atoms with E-state index in [4.69, 9.17) is 12.2 Å². The quantitative estimate of drug-likeness (QED) is 0.582. The Morgan fingerprint density at radius 3 is 1.77 bits per heavy atom. The molecule has 0 aliphatic heterocycles. The van der Waals surface area contributed by atoms with Gasteiger partial charge in [0, 0.05) is 54.8 Å². The Morgan fingerprint density at radius 1 is 1.15 bits per heavy atom. The van der Waals surface area contributed by atoms with E-state index in [1.165, 1.54) is 25.7 Å². The van der Waals surface area contributed by atoms with Crippen LogP contribution >= 0.6 is 24.8 Å². The summed E-state index contributed by atoms with van der Waals surface area (Å²) in [6.07, 6.45) is 4.87. The molecule has 76 valence electrons. The average Bonchev–Trinajstić information content (AvgIpc) is 2.04. The minimum atomic E-state index is 0. The SMILES string of the molecule is CCCCN(CCCC)C(=S)S.[Ce]. The minimum absolute atomic E-state index is 0. The molecule has 0 aromatic heterocycles. The Bertz CT molecular complexity index is 123. The van der Waals surface area contributed by atoms with E-state index in [2.05, 4.69) is 31.4 Å². The van der Waals surface area contributed by atoms with Gasteiger partial charge in [0.1, 0.15) is 4.32 Å². The molecule has 0 bridgehead atoms. The number of hydrogen-bond acceptors (Lipinski definition) is 1. The van der Waals surface area contributed by atoms with Crippen LogP contribution in [0.25, 0.3) is 0 Å². The van der Waals surface area contributed by atoms with Crippen LogP contribution in [0.5, 0.6) is 0 Å². The van der Waals surface area contributed by atoms with Crippen LogP contribution in [0.2, 0.25) is 0 Å². The molecular formula is C9H19CeNS2. The molecule has 0 rings (SSSR count). The van der Waals surface area contributed by atoms with Crippen molar-refractivity contribution in [2.75, 3.05) is 13.1 Å². The first kappa shape index (κ1) is 17.0. The fourth-order valence-corrected chi connectivity index (χ4v) is 1.38. The van der Waals surface area contributed by atoms with Gasteiger partial charge in [-0.15, -0.1) is 12.6 Å². The maximum absolute atomic E-state index is 5.03. The van der Waals surface area contributed by atoms with E-state index in [-0.39, 0.29) is 41.7 Å². The number of thiol groups is 1. The van der Waals surface area contributed by atoms with Crippen molar-refractivity contribution in [1.29, 1.82) is 0 Å². The summed E-state index contributed by atoms with van der Waals surface area (Å²) in [6, 6.07) is 0. The molecule has 0 aromatic rings. The fraction of sp³-hybridized carbons (Fsp3) is 0.889. The largest absolute Gasteiger partial charge is 0.358 e. The van der Waals surface area contributed by atoms with Crippen molar-refractivity contribution >= 4 is 29.2 Å². The topological polar surface area (TPSA) is 3.24 Å². The zero-order valence-corrected chi connectivity index (χ0v) is 13.4. The molecule has 0 radical (unpaired) electrons. The number of rotatable bonds is 6. The molecule has 0 heterocycles. The number of hydrogen-bond donors (Lipinski definition) is 1. The van der Waals surface area contributed by atoms with Gasteiger partial charge in [-0.1, -0.05) is 38.9 Å². The van der Waals surface area contributed by atoms with Crippen LogP contribution in [-0.2, 0) is 0 Å². The second-order valence-electron chi connectivity index (χ2n) is 2.98. The van der Waals surface area contributed by atoms with E-state index in [0.717, 1.165) is 17.4 Å². The molecule has 0 saturated heterocycles. The van der Waals surface area contributed by atoms with Gasteiger partial charge >= 0.3 is 0 Å². The van der Waals surface area contributed by atoms with Gasteiger partial charge in [0.25, 0.3) is 0 Å². The van der Waals surface area contributed by atoms with Gasteiger partial charge in [-0.3, -0.25) is 0 Å². The zero-order chi connectivity index (χ0) is 9.40. The summed E-state index contributed by atoms with van der Waals surface area (Å²) in [6.45, 7) is 6.52. The summed E-state index contributed by atoms with van der Waals surface area (Å²) >= 11 is 9.23. The fourth-order valence-electron chi connectivity index (χ4n) is 1.00. The standard InChI is InChI=1S/C9H19NS2.Ce/c1-3-5-7-10(9(11)12)8-6-4-2;/h3-8H2,1-2H3,(H,11,12);. The molecule has 0 aliphatic rings. The maximum atomic E-state index is 5.03. The van der Waals surface area contributed by atoms with Crippen molar-refractivity contribution in [1.82, 2.24) is 4.90 Å². The molecule has 0 N–H and O–H groups in total. The molecule has 0 atom stereocenters. The second-order valence-corrected chi connectivity index (χ2v) is 4.09. The van der Waals surface area contributed by atoms with E-state index in [9.17, 15) is 0 Å². The second kappa shape index (κ2) is 11.7. The van der Waals surface area contributed by atoms with Crippen LogP contribution in [-0.4, -0.2) is 22.3 Å². The normalized spacial score (nSPS) is 9.15. The van der Waals surface area contributed by atoms with E-state index in [0.29, 0.717) is 0 Å². The third-order valence-corrected chi connectivity index (χ3v) is 2.37. The first-order chi connectivity index (χ1) is 5.72. The summed E-state index contributed by atoms with van der Waals surface area (Å²) in [7, 11) is 0. The van der Waals surface area contributed by atoms with Crippen molar-refractivity contribution in [2.24, 2.45) is 0 Å². The number of nitrogens with zero attached hydrogens (tertiary/aromatic N) is 1. The zero-order valence-electron chi connectivity index (χ0n) is 8.55. The smallest absolute Gasteiger partial charge is 0.133 e. The predicted octanol–water partition coefficient (Wildman–Crippen LogP) is 3.10. The van der Waals surface area contributed by atoms with Crippen LogP contribution in [0.15, 0.2) is 0 Å². The van der Waals surface area contributed by atoms with Crippen LogP contribution in [0.4, 0.5) is 0 Å². The molecule has 0 amide bonds. The van der Waals surface area contributed by atoms with Gasteiger partial charge < -0.3 is 4.90 Å². The molecule has 0 saturated carbocycles. The first-order valence-corrected chi connectivity index (χ1v) is 5.55. The number of unbranched alkanes of at least 4 members (excludes halogenated alkanes) is 2. The molecular weight excluding hydrogens is 326 g/mol. The summed E-state index contributed by atoms with van der Waals surface area (Å²) in [5, 5.41) is 0. The summed E-state index contributed by atoms with van der Waals surface area (Å²) in [4.78, 5) is 2.19. The van der Waals surface area contributed by atoms with Crippen molar-refractivity contribution < 1.29 is 41.7 Å². The molecule has 0 unspecified atom stereocenters. The molecule has 0 aromatic carbocycles. The third-order valence-electron chi connectivity index (χ3n) is 1.83. The van der Waals surface area contributed by atoms with Crippen LogP contribution in [0.1, 0.15) is 39.5 Å². The Hall–Kier alpha value is 1.62. The molecule has 4 heteroatoms. The summed E-state index contributed by atoms with van der Waals surface area (Å²) in [5.41, 5.74) is 0. The molecule has 1 nitrogen and oxygen atoms in total. The van der Waals surface area contributed by atoms with Crippen molar-refractivity contribution in [2.45, 2.75) is 39.5 Å². The Morgan fingerprint density at radius 2 is 1.54 bits per heavy atom. The van der Waals surface area contributed by atoms with Gasteiger partial charge in [-0.2, -0.15) is 0 Å². The van der Waals surface area contributed by atoms with E-state index >= 15 is 0 Å². The van der Waals surface area contributed by atoms with E-state index in [1.54, 1.807) is 0 Å². The molecule has 0 spiro atoms. The number of thiocarbonyl (C=S) groups is 1. The monoisotopic (exact) mass is 345 g/mol. The van der Waals surface area contributed by atoms with E-state index in [1.807, 2.05) is 0 Å². The van der Waals surface area contributed by atoms with Crippen molar-refractivity contribution in [3.8, 4) is 0 Å². The minimum Gasteiger partial charge on any atom is -0.358 e. The molecule has 13 heavy (non-hydrogen) atoms. The molecule has 0 fully saturated rings. The van der Waals surface area contributed by atoms with Crippen LogP contribution < -0.4 is 0 Å². The maximum Gasteiger partial charge on any atom is 0.133 e. The van der Waals surface area contributed by atoms with Crippen LogP contribution in [0, 0.1) is 41.7 Å². The van der Waals surface area contributed by atoms with Gasteiger partial charge in [-0.05, 0) is 12.8 Å². The Balaban J connectivity index is 0. The summed E-state index contributed by atoms with van der Waals surface area (Å²) < 4.78 is 0.747. The molecule has 0 aliphatic carbocycles. The van der Waals surface area contributed by atoms with E-state index < -0.39 is 0 Å². The van der Waals surface area contributed by atoms with Gasteiger partial charge in [0.15, 0.2) is 0 Å². The Kier molecular flexibility index (Phi) is 15.3. The third kappa shape index (κ3) is 9.91.